The Labute approximate surface area is 211 Å². The Kier molecular flexibility index (Phi) is 4.94. The number of para-hydroxylation sites is 1. The maximum Gasteiger partial charge on any atom is 0.569 e. The molecule has 5 aromatic carbocycles. The minimum absolute atomic E-state index is 0.564. The van der Waals surface area contributed by atoms with Crippen LogP contribution in [0.25, 0.3) is 42.1 Å². The van der Waals surface area contributed by atoms with Crippen molar-refractivity contribution in [3.05, 3.63) is 109 Å². The van der Waals surface area contributed by atoms with Crippen molar-refractivity contribution in [2.45, 2.75) is 0 Å². The van der Waals surface area contributed by atoms with Crippen molar-refractivity contribution in [2.75, 3.05) is 4.90 Å². The molecule has 0 aliphatic carbocycles. The minimum atomic E-state index is 0.564. The molecule has 0 aliphatic heterocycles. The van der Waals surface area contributed by atoms with Crippen LogP contribution < -0.4 is 9.55 Å². The summed E-state index contributed by atoms with van der Waals surface area (Å²) in [7, 11) is 0.692. The number of fused-ring (bicyclic) bond motifs is 6. The first kappa shape index (κ1) is 21.1. The van der Waals surface area contributed by atoms with Gasteiger partial charge in [-0.1, -0.05) is 42.5 Å². The summed E-state index contributed by atoms with van der Waals surface area (Å²) in [6, 6.07) is 37.2. The second-order valence-electron chi connectivity index (χ2n) is 8.61. The smallest absolute Gasteiger partial charge is 0.537 e. The molecule has 0 spiro atoms. The van der Waals surface area contributed by atoms with Gasteiger partial charge in [0.1, 0.15) is 16.9 Å². The van der Waals surface area contributed by atoms with Crippen LogP contribution in [-0.2, 0) is 0 Å². The molecular weight excluding hydrogens is 465 g/mol. The van der Waals surface area contributed by atoms with Crippen molar-refractivity contribution in [2.24, 2.45) is 0 Å². The first-order chi connectivity index (χ1) is 17.8. The van der Waals surface area contributed by atoms with Crippen molar-refractivity contribution >= 4 is 78.2 Å². The van der Waals surface area contributed by atoms with Gasteiger partial charge in [0, 0.05) is 54.1 Å². The highest BCUT2D eigenvalue weighted by Crippen LogP contribution is 2.42. The van der Waals surface area contributed by atoms with Crippen LogP contribution in [0.1, 0.15) is 0 Å². The van der Waals surface area contributed by atoms with Crippen LogP contribution >= 0.6 is 11.3 Å². The molecule has 0 saturated heterocycles. The Hall–Kier alpha value is -4.26. The minimum Gasteiger partial charge on any atom is -0.537 e. The summed E-state index contributed by atoms with van der Waals surface area (Å²) in [5.41, 5.74) is 4.73. The number of anilines is 3. The molecule has 0 fully saturated rings. The number of furan rings is 1. The fraction of sp³-hybridized carbons (Fsp3) is 0. The summed E-state index contributed by atoms with van der Waals surface area (Å²) >= 11 is 1.80. The zero-order valence-electron chi connectivity index (χ0n) is 19.1. The third-order valence-corrected chi connectivity index (χ3v) is 7.66. The van der Waals surface area contributed by atoms with E-state index in [-0.39, 0.29) is 0 Å². The van der Waals surface area contributed by atoms with Gasteiger partial charge in [0.25, 0.3) is 0 Å². The molecule has 2 aromatic heterocycles. The van der Waals surface area contributed by atoms with Gasteiger partial charge in [-0.25, -0.2) is 0 Å². The Morgan fingerprint density at radius 2 is 1.25 bits per heavy atom. The lowest BCUT2D eigenvalue weighted by Gasteiger charge is -2.25. The predicted octanol–water partition coefficient (Wildman–Crippen LogP) is 8.33. The van der Waals surface area contributed by atoms with Crippen LogP contribution in [-0.4, -0.2) is 12.7 Å². The van der Waals surface area contributed by atoms with Crippen LogP contribution in [0.2, 0.25) is 0 Å². The first-order valence-electron chi connectivity index (χ1n) is 11.6. The van der Waals surface area contributed by atoms with E-state index in [2.05, 4.69) is 71.6 Å². The van der Waals surface area contributed by atoms with E-state index in [1.807, 2.05) is 42.5 Å². The van der Waals surface area contributed by atoms with E-state index in [9.17, 15) is 0 Å². The predicted molar refractivity (Wildman–Crippen MR) is 150 cm³/mol. The first-order valence-corrected chi connectivity index (χ1v) is 12.5. The average molecular weight is 484 g/mol. The zero-order valence-corrected chi connectivity index (χ0v) is 19.9. The van der Waals surface area contributed by atoms with Crippen molar-refractivity contribution in [1.82, 2.24) is 0 Å². The SMILES string of the molecule is O[B]Oc1ccc(N(c2ccc3c(c2)oc2ccccc23)c2ccc3c(c2)sc2ccccc23)cc1. The molecule has 0 saturated carbocycles. The molecule has 4 nitrogen and oxygen atoms in total. The summed E-state index contributed by atoms with van der Waals surface area (Å²) in [6.07, 6.45) is 0. The molecule has 0 unspecified atom stereocenters. The van der Waals surface area contributed by atoms with Crippen molar-refractivity contribution in [3.63, 3.8) is 0 Å². The number of hydrogen-bond acceptors (Lipinski definition) is 5. The standard InChI is InChI=1S/C30H19BNO3S/c33-31-35-22-13-9-19(10-14-22)32(20-11-15-24-23-5-1-3-7-27(23)34-28(24)17-20)21-12-16-26-25-6-2-4-8-29(25)36-30(26)18-21/h1-18,33H. The van der Waals surface area contributed by atoms with E-state index in [0.29, 0.717) is 13.4 Å². The number of nitrogens with zero attached hydrogens (tertiary/aromatic N) is 1. The van der Waals surface area contributed by atoms with E-state index < -0.39 is 0 Å². The highest BCUT2D eigenvalue weighted by Gasteiger charge is 2.17. The average Bonchev–Trinajstić information content (AvgIpc) is 3.47. The van der Waals surface area contributed by atoms with Gasteiger partial charge in [-0.15, -0.1) is 11.3 Å². The molecule has 0 aliphatic rings. The molecule has 7 aromatic rings. The fourth-order valence-corrected chi connectivity index (χ4v) is 6.03. The maximum absolute atomic E-state index is 9.01. The van der Waals surface area contributed by atoms with Gasteiger partial charge in [0.05, 0.1) is 0 Å². The molecule has 0 atom stereocenters. The van der Waals surface area contributed by atoms with Gasteiger partial charge < -0.3 is 19.0 Å². The quantitative estimate of drug-likeness (QED) is 0.250. The van der Waals surface area contributed by atoms with Crippen LogP contribution in [0.3, 0.4) is 0 Å². The van der Waals surface area contributed by atoms with Gasteiger partial charge >= 0.3 is 7.69 Å². The Bertz CT molecular complexity index is 1760. The fourth-order valence-electron chi connectivity index (χ4n) is 4.89. The monoisotopic (exact) mass is 484 g/mol. The normalized spacial score (nSPS) is 11.5. The van der Waals surface area contributed by atoms with Crippen molar-refractivity contribution in [1.29, 1.82) is 0 Å². The Balaban J connectivity index is 1.42. The van der Waals surface area contributed by atoms with E-state index in [1.54, 1.807) is 11.3 Å². The number of benzene rings is 5. The van der Waals surface area contributed by atoms with Gasteiger partial charge in [-0.05, 0) is 60.7 Å². The summed E-state index contributed by atoms with van der Waals surface area (Å²) in [4.78, 5) is 2.21. The number of thiophene rings is 1. The lowest BCUT2D eigenvalue weighted by molar-refractivity contribution is 0.454. The van der Waals surface area contributed by atoms with E-state index in [0.717, 1.165) is 39.0 Å². The van der Waals surface area contributed by atoms with E-state index >= 15 is 0 Å². The summed E-state index contributed by atoms with van der Waals surface area (Å²) in [5.74, 6) is 0.564. The molecule has 2 heterocycles. The molecular formula is C30H19BNO3S. The Morgan fingerprint density at radius 3 is 2.08 bits per heavy atom. The third-order valence-electron chi connectivity index (χ3n) is 6.52. The lowest BCUT2D eigenvalue weighted by atomic mass is 10.1. The van der Waals surface area contributed by atoms with Crippen molar-refractivity contribution < 1.29 is 14.1 Å². The molecule has 0 amide bonds. The van der Waals surface area contributed by atoms with Gasteiger partial charge in [-0.2, -0.15) is 0 Å². The lowest BCUT2D eigenvalue weighted by Crippen LogP contribution is -2.10. The van der Waals surface area contributed by atoms with Gasteiger partial charge in [0.2, 0.25) is 0 Å². The van der Waals surface area contributed by atoms with Crippen LogP contribution in [0.15, 0.2) is 114 Å². The Morgan fingerprint density at radius 1 is 0.611 bits per heavy atom. The molecule has 7 rings (SSSR count). The summed E-state index contributed by atoms with van der Waals surface area (Å²) < 4.78 is 13.8. The number of hydrogen-bond donors (Lipinski definition) is 1. The summed E-state index contributed by atoms with van der Waals surface area (Å²) in [5, 5.41) is 13.7. The molecule has 1 radical (unpaired) electrons. The molecule has 6 heteroatoms. The number of rotatable bonds is 5. The molecule has 1 N–H and O–H groups in total. The molecule has 0 bridgehead atoms. The maximum atomic E-state index is 9.01. The molecule has 36 heavy (non-hydrogen) atoms. The highest BCUT2D eigenvalue weighted by molar-refractivity contribution is 7.25. The van der Waals surface area contributed by atoms with E-state index in [1.165, 1.54) is 20.2 Å². The van der Waals surface area contributed by atoms with Crippen LogP contribution in [0.5, 0.6) is 5.75 Å². The second kappa shape index (κ2) is 8.45. The second-order valence-corrected chi connectivity index (χ2v) is 9.69. The topological polar surface area (TPSA) is 45.8 Å². The van der Waals surface area contributed by atoms with Gasteiger partial charge in [0.15, 0.2) is 0 Å². The van der Waals surface area contributed by atoms with Crippen LogP contribution in [0.4, 0.5) is 17.1 Å². The highest BCUT2D eigenvalue weighted by atomic mass is 32.1. The molecule has 171 valence electrons. The van der Waals surface area contributed by atoms with Crippen molar-refractivity contribution in [3.8, 4) is 5.75 Å². The third kappa shape index (κ3) is 3.42. The van der Waals surface area contributed by atoms with E-state index in [4.69, 9.17) is 14.1 Å². The summed E-state index contributed by atoms with van der Waals surface area (Å²) in [6.45, 7) is 0. The van der Waals surface area contributed by atoms with Gasteiger partial charge in [-0.3, -0.25) is 0 Å². The zero-order chi connectivity index (χ0) is 24.1. The van der Waals surface area contributed by atoms with Crippen LogP contribution in [0, 0.1) is 0 Å². The largest absolute Gasteiger partial charge is 0.569 e.